The second kappa shape index (κ2) is 6.60. The monoisotopic (exact) mass is 308 g/mol. The van der Waals surface area contributed by atoms with Crippen LogP contribution in [-0.2, 0) is 6.54 Å². The average Bonchev–Trinajstić information content (AvgIpc) is 2.73. The van der Waals surface area contributed by atoms with Crippen molar-refractivity contribution in [3.63, 3.8) is 0 Å². The van der Waals surface area contributed by atoms with E-state index in [1.165, 1.54) is 6.20 Å². The molecular weight excluding hydrogens is 292 g/mol. The largest absolute Gasteiger partial charge is 0.492 e. The number of carbonyl (C=O) groups excluding carboxylic acids is 1. The molecule has 0 spiro atoms. The second-order valence-electron chi connectivity index (χ2n) is 4.71. The first kappa shape index (κ1) is 15.3. The summed E-state index contributed by atoms with van der Waals surface area (Å²) in [7, 11) is 0. The van der Waals surface area contributed by atoms with Gasteiger partial charge in [0.15, 0.2) is 0 Å². The molecule has 0 saturated heterocycles. The van der Waals surface area contributed by atoms with Crippen molar-refractivity contribution in [3.8, 4) is 5.75 Å². The summed E-state index contributed by atoms with van der Waals surface area (Å²) in [6, 6.07) is 5.67. The van der Waals surface area contributed by atoms with Crippen molar-refractivity contribution in [3.05, 3.63) is 41.2 Å². The van der Waals surface area contributed by atoms with Crippen LogP contribution >= 0.6 is 12.4 Å². The Labute approximate surface area is 128 Å². The highest BCUT2D eigenvalue weighted by Crippen LogP contribution is 2.24. The van der Waals surface area contributed by atoms with Crippen molar-refractivity contribution < 1.29 is 9.53 Å². The van der Waals surface area contributed by atoms with Gasteiger partial charge in [0.2, 0.25) is 0 Å². The number of amides is 1. The predicted octanol–water partition coefficient (Wildman–Crippen LogP) is 1.87. The molecule has 112 valence electrons. The molecule has 6 nitrogen and oxygen atoms in total. The number of rotatable bonds is 2. The van der Waals surface area contributed by atoms with E-state index in [0.717, 1.165) is 35.8 Å². The molecule has 0 aliphatic carbocycles. The summed E-state index contributed by atoms with van der Waals surface area (Å²) in [6.45, 7) is 4.04. The molecule has 2 aromatic rings. The highest BCUT2D eigenvalue weighted by atomic mass is 35.5. The summed E-state index contributed by atoms with van der Waals surface area (Å²) in [5.41, 5.74) is 3.10. The Kier molecular flexibility index (Phi) is 4.82. The van der Waals surface area contributed by atoms with E-state index >= 15 is 0 Å². The third kappa shape index (κ3) is 3.34. The molecule has 0 fully saturated rings. The van der Waals surface area contributed by atoms with E-state index in [-0.39, 0.29) is 18.3 Å². The number of nitrogens with zero attached hydrogens (tertiary/aromatic N) is 1. The zero-order valence-electron chi connectivity index (χ0n) is 11.6. The molecule has 1 aromatic carbocycles. The molecule has 1 aliphatic rings. The van der Waals surface area contributed by atoms with E-state index < -0.39 is 0 Å². The number of aryl methyl sites for hydroxylation is 1. The van der Waals surface area contributed by atoms with Crippen molar-refractivity contribution in [2.24, 2.45) is 0 Å². The van der Waals surface area contributed by atoms with Crippen LogP contribution in [0.5, 0.6) is 5.75 Å². The topological polar surface area (TPSA) is 79.0 Å². The highest BCUT2D eigenvalue weighted by molar-refractivity contribution is 6.04. The Bertz CT molecular complexity index is 642. The van der Waals surface area contributed by atoms with Crippen molar-refractivity contribution in [2.45, 2.75) is 13.5 Å². The van der Waals surface area contributed by atoms with E-state index in [4.69, 9.17) is 4.74 Å². The van der Waals surface area contributed by atoms with Gasteiger partial charge < -0.3 is 15.4 Å². The minimum absolute atomic E-state index is 0. The van der Waals surface area contributed by atoms with Crippen LogP contribution < -0.4 is 15.4 Å². The molecule has 0 saturated carbocycles. The van der Waals surface area contributed by atoms with Crippen molar-refractivity contribution in [1.29, 1.82) is 0 Å². The van der Waals surface area contributed by atoms with Crippen LogP contribution in [0.25, 0.3) is 0 Å². The minimum atomic E-state index is -0.168. The number of carbonyl (C=O) groups is 1. The first-order valence-corrected chi connectivity index (χ1v) is 6.52. The zero-order chi connectivity index (χ0) is 13.9. The standard InChI is InChI=1S/C14H16N4O2.ClH/c1-9-12(8-16-18-9)14(19)17-11-2-3-13-10(6-11)7-15-4-5-20-13;/h2-3,6,8,15H,4-5,7H2,1H3,(H,16,18)(H,17,19);1H. The quantitative estimate of drug-likeness (QED) is 0.791. The molecule has 3 N–H and O–H groups in total. The molecule has 0 atom stereocenters. The molecule has 0 bridgehead atoms. The normalized spacial score (nSPS) is 13.4. The number of anilines is 1. The number of aromatic amines is 1. The van der Waals surface area contributed by atoms with Crippen LogP contribution in [0.2, 0.25) is 0 Å². The Morgan fingerprint density at radius 2 is 2.29 bits per heavy atom. The summed E-state index contributed by atoms with van der Waals surface area (Å²) in [5, 5.41) is 12.7. The molecule has 1 aromatic heterocycles. The van der Waals surface area contributed by atoms with Gasteiger partial charge in [-0.25, -0.2) is 0 Å². The number of benzene rings is 1. The third-order valence-corrected chi connectivity index (χ3v) is 3.24. The first-order chi connectivity index (χ1) is 9.74. The van der Waals surface area contributed by atoms with Crippen LogP contribution in [0, 0.1) is 6.92 Å². The van der Waals surface area contributed by atoms with Gasteiger partial charge in [0.05, 0.1) is 11.8 Å². The highest BCUT2D eigenvalue weighted by Gasteiger charge is 2.13. The fourth-order valence-corrected chi connectivity index (χ4v) is 2.17. The van der Waals surface area contributed by atoms with Gasteiger partial charge >= 0.3 is 0 Å². The Morgan fingerprint density at radius 3 is 3.05 bits per heavy atom. The van der Waals surface area contributed by atoms with E-state index in [9.17, 15) is 4.79 Å². The van der Waals surface area contributed by atoms with Crippen molar-refractivity contribution >= 4 is 24.0 Å². The molecule has 21 heavy (non-hydrogen) atoms. The summed E-state index contributed by atoms with van der Waals surface area (Å²) in [4.78, 5) is 12.1. The fourth-order valence-electron chi connectivity index (χ4n) is 2.17. The average molecular weight is 309 g/mol. The van der Waals surface area contributed by atoms with Gasteiger partial charge in [0.1, 0.15) is 12.4 Å². The Balaban J connectivity index is 0.00000161. The van der Waals surface area contributed by atoms with E-state index in [2.05, 4.69) is 20.8 Å². The second-order valence-corrected chi connectivity index (χ2v) is 4.71. The maximum Gasteiger partial charge on any atom is 0.259 e. The molecule has 3 rings (SSSR count). The molecule has 1 amide bonds. The van der Waals surface area contributed by atoms with Crippen LogP contribution in [0.3, 0.4) is 0 Å². The molecule has 0 unspecified atom stereocenters. The van der Waals surface area contributed by atoms with Gasteiger partial charge in [0, 0.05) is 30.0 Å². The maximum atomic E-state index is 12.1. The number of hydrogen-bond acceptors (Lipinski definition) is 4. The summed E-state index contributed by atoms with van der Waals surface area (Å²) in [6.07, 6.45) is 1.53. The minimum Gasteiger partial charge on any atom is -0.492 e. The summed E-state index contributed by atoms with van der Waals surface area (Å²) in [5.74, 6) is 0.700. The fraction of sp³-hybridized carbons (Fsp3) is 0.286. The maximum absolute atomic E-state index is 12.1. The molecular formula is C14H17ClN4O2. The van der Waals surface area contributed by atoms with Crippen LogP contribution in [0.4, 0.5) is 5.69 Å². The summed E-state index contributed by atoms with van der Waals surface area (Å²) >= 11 is 0. The molecule has 0 radical (unpaired) electrons. The van der Waals surface area contributed by atoms with Gasteiger partial charge in [-0.2, -0.15) is 5.10 Å². The Hall–Kier alpha value is -2.05. The molecule has 1 aliphatic heterocycles. The third-order valence-electron chi connectivity index (χ3n) is 3.24. The van der Waals surface area contributed by atoms with Gasteiger partial charge in [-0.1, -0.05) is 0 Å². The predicted molar refractivity (Wildman–Crippen MR) is 82.2 cm³/mol. The number of H-pyrrole nitrogens is 1. The Morgan fingerprint density at radius 1 is 1.43 bits per heavy atom. The number of nitrogens with one attached hydrogen (secondary N) is 3. The van der Waals surface area contributed by atoms with E-state index in [0.29, 0.717) is 12.2 Å². The molecule has 7 heteroatoms. The van der Waals surface area contributed by atoms with Crippen LogP contribution in [0.15, 0.2) is 24.4 Å². The van der Waals surface area contributed by atoms with E-state index in [1.54, 1.807) is 0 Å². The lowest BCUT2D eigenvalue weighted by molar-refractivity contribution is 0.102. The van der Waals surface area contributed by atoms with Crippen LogP contribution in [-0.4, -0.2) is 29.3 Å². The number of ether oxygens (including phenoxy) is 1. The van der Waals surface area contributed by atoms with Crippen LogP contribution in [0.1, 0.15) is 21.6 Å². The first-order valence-electron chi connectivity index (χ1n) is 6.52. The number of hydrogen-bond donors (Lipinski definition) is 3. The van der Waals surface area contributed by atoms with E-state index in [1.807, 2.05) is 25.1 Å². The smallest absolute Gasteiger partial charge is 0.259 e. The number of fused-ring (bicyclic) bond motifs is 1. The number of halogens is 1. The lowest BCUT2D eigenvalue weighted by atomic mass is 10.1. The van der Waals surface area contributed by atoms with Gasteiger partial charge in [-0.3, -0.25) is 9.89 Å². The summed E-state index contributed by atoms with van der Waals surface area (Å²) < 4.78 is 5.61. The lowest BCUT2D eigenvalue weighted by Crippen LogP contribution is -2.16. The lowest BCUT2D eigenvalue weighted by Gasteiger charge is -2.10. The molecule has 2 heterocycles. The van der Waals surface area contributed by atoms with Crippen molar-refractivity contribution in [2.75, 3.05) is 18.5 Å². The van der Waals surface area contributed by atoms with Crippen molar-refractivity contribution in [1.82, 2.24) is 15.5 Å². The van der Waals surface area contributed by atoms with Gasteiger partial charge in [0.25, 0.3) is 5.91 Å². The van der Waals surface area contributed by atoms with Gasteiger partial charge in [-0.05, 0) is 25.1 Å². The van der Waals surface area contributed by atoms with Gasteiger partial charge in [-0.15, -0.1) is 12.4 Å². The number of aromatic nitrogens is 2. The zero-order valence-corrected chi connectivity index (χ0v) is 12.4. The SMILES string of the molecule is Cc1[nH]ncc1C(=O)Nc1ccc2c(c1)CNCCO2.Cl.